The number of hydrogen-bond donors (Lipinski definition) is 2. The molecule has 0 amide bonds. The maximum Gasteiger partial charge on any atom is 0.303 e. The SMILES string of the molecule is Cc1cccc(S(=O)(=O)NCCCC(=O)O)c1C1=C2C=CC(=[N+](C)C)C=C2[Si](C)(C)c2cc(N(C)C)ccc21. The fourth-order valence-electron chi connectivity index (χ4n) is 5.36. The molecule has 2 aromatic carbocycles. The Balaban J connectivity index is 2.01. The standard InChI is InChI=1S/C30H37N3O4SSi/c1-20-10-8-11-25(38(36,37)31-17-9-12-28(34)35)29(20)30-23-15-13-21(32(2)3)18-26(23)39(6,7)27-19-22(33(4)5)14-16-24(27)30/h8,10-11,13-16,18-19,31H,9,12,17H2,1-7H3/p+1. The Morgan fingerprint density at radius 1 is 1.10 bits per heavy atom. The zero-order valence-corrected chi connectivity index (χ0v) is 25.6. The lowest BCUT2D eigenvalue weighted by Gasteiger charge is -2.38. The summed E-state index contributed by atoms with van der Waals surface area (Å²) in [7, 11) is 2.05. The number of rotatable bonds is 8. The van der Waals surface area contributed by atoms with Crippen LogP contribution in [0.1, 0.15) is 29.5 Å². The lowest BCUT2D eigenvalue weighted by Crippen LogP contribution is -2.50. The third-order valence-corrected chi connectivity index (χ3v) is 12.6. The van der Waals surface area contributed by atoms with E-state index in [9.17, 15) is 13.2 Å². The molecule has 0 spiro atoms. The predicted octanol–water partition coefficient (Wildman–Crippen LogP) is 3.68. The zero-order valence-electron chi connectivity index (χ0n) is 23.8. The highest BCUT2D eigenvalue weighted by molar-refractivity contribution is 7.89. The van der Waals surface area contributed by atoms with Crippen LogP contribution in [0.2, 0.25) is 13.1 Å². The number of fused-ring (bicyclic) bond motifs is 2. The minimum Gasteiger partial charge on any atom is -0.481 e. The van der Waals surface area contributed by atoms with Crippen LogP contribution in [0, 0.1) is 6.92 Å². The first kappa shape index (κ1) is 28.7. The first-order valence-electron chi connectivity index (χ1n) is 13.1. The summed E-state index contributed by atoms with van der Waals surface area (Å²) >= 11 is 0. The first-order valence-corrected chi connectivity index (χ1v) is 17.6. The van der Waals surface area contributed by atoms with Gasteiger partial charge in [0.05, 0.1) is 4.90 Å². The van der Waals surface area contributed by atoms with Crippen molar-refractivity contribution in [1.82, 2.24) is 4.72 Å². The molecule has 0 unspecified atom stereocenters. The van der Waals surface area contributed by atoms with E-state index in [1.807, 2.05) is 41.2 Å². The maximum absolute atomic E-state index is 13.7. The summed E-state index contributed by atoms with van der Waals surface area (Å²) in [5.74, 6) is -0.947. The Morgan fingerprint density at radius 3 is 2.46 bits per heavy atom. The molecule has 1 aliphatic carbocycles. The predicted molar refractivity (Wildman–Crippen MR) is 161 cm³/mol. The molecule has 4 rings (SSSR count). The fourth-order valence-corrected chi connectivity index (χ4v) is 9.79. The number of carbonyl (C=O) groups is 1. The van der Waals surface area contributed by atoms with Gasteiger partial charge in [-0.15, -0.1) is 0 Å². The van der Waals surface area contributed by atoms with Crippen molar-refractivity contribution in [3.63, 3.8) is 0 Å². The highest BCUT2D eigenvalue weighted by Crippen LogP contribution is 2.44. The Hall–Kier alpha value is -3.27. The number of carboxylic acids is 1. The second-order valence-electron chi connectivity index (χ2n) is 11.1. The fraction of sp³-hybridized carbons (Fsp3) is 0.333. The highest BCUT2D eigenvalue weighted by atomic mass is 32.2. The lowest BCUT2D eigenvalue weighted by atomic mass is 9.87. The van der Waals surface area contributed by atoms with E-state index < -0.39 is 24.1 Å². The van der Waals surface area contributed by atoms with Crippen molar-refractivity contribution in [2.24, 2.45) is 0 Å². The van der Waals surface area contributed by atoms with Crippen LogP contribution in [-0.4, -0.2) is 72.6 Å². The number of hydrogen-bond acceptors (Lipinski definition) is 4. The monoisotopic (exact) mass is 564 g/mol. The van der Waals surface area contributed by atoms with Crippen molar-refractivity contribution >= 4 is 46.2 Å². The molecule has 0 saturated carbocycles. The van der Waals surface area contributed by atoms with Gasteiger partial charge < -0.3 is 10.0 Å². The van der Waals surface area contributed by atoms with Gasteiger partial charge in [-0.1, -0.05) is 31.3 Å². The molecular formula is C30H38N3O4SSi+. The summed E-state index contributed by atoms with van der Waals surface area (Å²) in [4.78, 5) is 13.2. The summed E-state index contributed by atoms with van der Waals surface area (Å²) < 4.78 is 32.0. The summed E-state index contributed by atoms with van der Waals surface area (Å²) in [5, 5.41) is 11.5. The number of allylic oxidation sites excluding steroid dienone is 5. The van der Waals surface area contributed by atoms with Gasteiger partial charge in [0.15, 0.2) is 5.71 Å². The molecule has 0 bridgehead atoms. The molecule has 0 atom stereocenters. The van der Waals surface area contributed by atoms with Gasteiger partial charge in [0.2, 0.25) is 10.0 Å². The number of benzene rings is 2. The van der Waals surface area contributed by atoms with Gasteiger partial charge in [0.1, 0.15) is 22.2 Å². The smallest absolute Gasteiger partial charge is 0.303 e. The van der Waals surface area contributed by atoms with Crippen molar-refractivity contribution in [3.05, 3.63) is 82.1 Å². The van der Waals surface area contributed by atoms with Gasteiger partial charge in [-0.3, -0.25) is 4.79 Å². The Labute approximate surface area is 232 Å². The van der Waals surface area contributed by atoms with Gasteiger partial charge in [-0.05, 0) is 70.3 Å². The second-order valence-corrected chi connectivity index (χ2v) is 17.2. The van der Waals surface area contributed by atoms with Gasteiger partial charge >= 0.3 is 5.97 Å². The summed E-state index contributed by atoms with van der Waals surface area (Å²) in [5.41, 5.74) is 6.83. The van der Waals surface area contributed by atoms with Gasteiger partial charge in [-0.2, -0.15) is 0 Å². The second kappa shape index (κ2) is 10.7. The number of sulfonamides is 1. The van der Waals surface area contributed by atoms with Crippen LogP contribution in [0.15, 0.2) is 70.3 Å². The van der Waals surface area contributed by atoms with Crippen LogP contribution in [-0.2, 0) is 14.8 Å². The summed E-state index contributed by atoms with van der Waals surface area (Å²) in [6.45, 7) is 6.73. The normalized spacial score (nSPS) is 16.0. The van der Waals surface area contributed by atoms with Gasteiger partial charge in [0, 0.05) is 50.5 Å². The molecule has 0 fully saturated rings. The highest BCUT2D eigenvalue weighted by Gasteiger charge is 2.41. The third-order valence-electron chi connectivity index (χ3n) is 7.56. The minimum atomic E-state index is -3.91. The van der Waals surface area contributed by atoms with E-state index in [0.29, 0.717) is 5.56 Å². The average Bonchev–Trinajstić information content (AvgIpc) is 2.87. The molecule has 2 N–H and O–H groups in total. The van der Waals surface area contributed by atoms with Gasteiger partial charge in [0.25, 0.3) is 0 Å². The largest absolute Gasteiger partial charge is 0.481 e. The number of anilines is 1. The third kappa shape index (κ3) is 5.43. The molecule has 1 heterocycles. The van der Waals surface area contributed by atoms with E-state index in [-0.39, 0.29) is 24.3 Å². The van der Waals surface area contributed by atoms with E-state index in [4.69, 9.17) is 5.11 Å². The van der Waals surface area contributed by atoms with Crippen molar-refractivity contribution in [3.8, 4) is 0 Å². The van der Waals surface area contributed by atoms with E-state index in [0.717, 1.165) is 33.7 Å². The molecule has 39 heavy (non-hydrogen) atoms. The summed E-state index contributed by atoms with van der Waals surface area (Å²) in [6.07, 6.45) is 6.63. The van der Waals surface area contributed by atoms with Gasteiger partial charge in [-0.25, -0.2) is 17.7 Å². The maximum atomic E-state index is 13.7. The van der Waals surface area contributed by atoms with E-state index >= 15 is 0 Å². The first-order chi connectivity index (χ1) is 18.3. The molecule has 9 heteroatoms. The molecule has 0 aromatic heterocycles. The average molecular weight is 565 g/mol. The van der Waals surface area contributed by atoms with E-state index in [1.54, 1.807) is 12.1 Å². The number of aliphatic carboxylic acids is 1. The Morgan fingerprint density at radius 2 is 1.82 bits per heavy atom. The number of aryl methyl sites for hydroxylation is 1. The molecular weight excluding hydrogens is 527 g/mol. The lowest BCUT2D eigenvalue weighted by molar-refractivity contribution is -0.462. The summed E-state index contributed by atoms with van der Waals surface area (Å²) in [6, 6.07) is 11.9. The number of nitrogens with zero attached hydrogens (tertiary/aromatic N) is 2. The minimum absolute atomic E-state index is 0.0584. The van der Waals surface area contributed by atoms with Crippen molar-refractivity contribution in [1.29, 1.82) is 0 Å². The van der Waals surface area contributed by atoms with Crippen LogP contribution in [0.5, 0.6) is 0 Å². The number of nitrogens with one attached hydrogen (secondary N) is 1. The molecule has 2 aliphatic rings. The molecule has 2 aromatic rings. The van der Waals surface area contributed by atoms with Crippen molar-refractivity contribution in [2.75, 3.05) is 39.6 Å². The number of carboxylic acid groups (broad SMARTS) is 1. The topological polar surface area (TPSA) is 89.7 Å². The molecule has 206 valence electrons. The van der Waals surface area contributed by atoms with Crippen LogP contribution in [0.25, 0.3) is 5.57 Å². The molecule has 0 saturated heterocycles. The zero-order chi connectivity index (χ0) is 28.7. The van der Waals surface area contributed by atoms with Crippen LogP contribution >= 0.6 is 0 Å². The quantitative estimate of drug-likeness (QED) is 0.290. The Bertz CT molecular complexity index is 1580. The molecule has 1 aliphatic heterocycles. The van der Waals surface area contributed by atoms with Crippen molar-refractivity contribution in [2.45, 2.75) is 37.8 Å². The van der Waals surface area contributed by atoms with E-state index in [2.05, 4.69) is 63.7 Å². The Kier molecular flexibility index (Phi) is 7.89. The van der Waals surface area contributed by atoms with Crippen LogP contribution < -0.4 is 14.8 Å². The molecule has 7 nitrogen and oxygen atoms in total. The van der Waals surface area contributed by atoms with E-state index in [1.165, 1.54) is 10.4 Å². The van der Waals surface area contributed by atoms with Crippen LogP contribution in [0.4, 0.5) is 5.69 Å². The van der Waals surface area contributed by atoms with Crippen molar-refractivity contribution < 1.29 is 22.9 Å². The van der Waals surface area contributed by atoms with Crippen LogP contribution in [0.3, 0.4) is 0 Å². The molecule has 0 radical (unpaired) electrons.